The molecule has 1 saturated heterocycles. The highest BCUT2D eigenvalue weighted by atomic mass is 35.5. The summed E-state index contributed by atoms with van der Waals surface area (Å²) >= 11 is 12.0. The maximum absolute atomic E-state index is 12.6. The molecule has 0 saturated carbocycles. The van der Waals surface area contributed by atoms with Gasteiger partial charge < -0.3 is 9.84 Å². The average Bonchev–Trinajstić information content (AvgIpc) is 2.40. The molecule has 0 bridgehead atoms. The Bertz CT molecular complexity index is 606. The number of morpholine rings is 1. The lowest BCUT2D eigenvalue weighted by Gasteiger charge is -2.30. The Morgan fingerprint density at radius 2 is 2.15 bits per heavy atom. The van der Waals surface area contributed by atoms with Crippen LogP contribution in [0.25, 0.3) is 0 Å². The van der Waals surface area contributed by atoms with Crippen LogP contribution in [0.4, 0.5) is 0 Å². The molecule has 8 heteroatoms. The fourth-order valence-electron chi connectivity index (χ4n) is 2.06. The number of aliphatic hydroxyl groups excluding tert-OH is 1. The van der Waals surface area contributed by atoms with Gasteiger partial charge in [-0.15, -0.1) is 0 Å². The van der Waals surface area contributed by atoms with Crippen LogP contribution in [0.2, 0.25) is 10.0 Å². The van der Waals surface area contributed by atoms with Gasteiger partial charge in [0, 0.05) is 18.1 Å². The number of sulfonamides is 1. The zero-order valence-electron chi connectivity index (χ0n) is 10.8. The summed E-state index contributed by atoms with van der Waals surface area (Å²) in [5.74, 6) is 0. The van der Waals surface area contributed by atoms with Gasteiger partial charge in [0.2, 0.25) is 10.0 Å². The lowest BCUT2D eigenvalue weighted by Crippen LogP contribution is -2.44. The smallest absolute Gasteiger partial charge is 0.244 e. The van der Waals surface area contributed by atoms with E-state index in [2.05, 4.69) is 0 Å². The molecule has 1 aliphatic heterocycles. The zero-order chi connectivity index (χ0) is 14.9. The summed E-state index contributed by atoms with van der Waals surface area (Å²) in [7, 11) is -3.75. The van der Waals surface area contributed by atoms with E-state index in [1.54, 1.807) is 6.92 Å². The molecule has 5 nitrogen and oxygen atoms in total. The van der Waals surface area contributed by atoms with Crippen molar-refractivity contribution in [3.63, 3.8) is 0 Å². The molecule has 1 aromatic rings. The summed E-state index contributed by atoms with van der Waals surface area (Å²) in [6.45, 7) is 2.30. The zero-order valence-corrected chi connectivity index (χ0v) is 13.2. The number of hydrogen-bond donors (Lipinski definition) is 1. The van der Waals surface area contributed by atoms with Crippen LogP contribution in [0, 0.1) is 0 Å². The van der Waals surface area contributed by atoms with Crippen LogP contribution < -0.4 is 0 Å². The van der Waals surface area contributed by atoms with Crippen molar-refractivity contribution in [2.45, 2.75) is 24.5 Å². The van der Waals surface area contributed by atoms with Crippen LogP contribution in [-0.4, -0.2) is 43.6 Å². The molecule has 1 heterocycles. The number of halogens is 2. The van der Waals surface area contributed by atoms with Crippen molar-refractivity contribution >= 4 is 33.2 Å². The molecule has 20 heavy (non-hydrogen) atoms. The number of nitrogens with zero attached hydrogens (tertiary/aromatic N) is 1. The number of hydrogen-bond acceptors (Lipinski definition) is 4. The van der Waals surface area contributed by atoms with Crippen molar-refractivity contribution in [3.8, 4) is 0 Å². The minimum atomic E-state index is -3.75. The highest BCUT2D eigenvalue weighted by Crippen LogP contribution is 2.32. The molecule has 0 radical (unpaired) electrons. The van der Waals surface area contributed by atoms with E-state index in [-0.39, 0.29) is 40.7 Å². The summed E-state index contributed by atoms with van der Waals surface area (Å²) in [5.41, 5.74) is 0.291. The first-order chi connectivity index (χ1) is 9.36. The molecule has 1 fully saturated rings. The van der Waals surface area contributed by atoms with Crippen molar-refractivity contribution in [2.75, 3.05) is 19.7 Å². The number of ether oxygens (including phenoxy) is 1. The number of benzene rings is 1. The Labute approximate surface area is 128 Å². The van der Waals surface area contributed by atoms with E-state index in [1.807, 2.05) is 0 Å². The van der Waals surface area contributed by atoms with E-state index < -0.39 is 10.0 Å². The van der Waals surface area contributed by atoms with E-state index in [0.717, 1.165) is 0 Å². The molecule has 1 atom stereocenters. The highest BCUT2D eigenvalue weighted by molar-refractivity contribution is 7.89. The van der Waals surface area contributed by atoms with Crippen LogP contribution >= 0.6 is 23.2 Å². The lowest BCUT2D eigenvalue weighted by molar-refractivity contribution is 0.0102. The Balaban J connectivity index is 2.46. The molecule has 2 rings (SSSR count). The fourth-order valence-corrected chi connectivity index (χ4v) is 4.46. The van der Waals surface area contributed by atoms with E-state index in [4.69, 9.17) is 27.9 Å². The molecular weight excluding hydrogens is 325 g/mol. The van der Waals surface area contributed by atoms with Gasteiger partial charge in [-0.3, -0.25) is 0 Å². The minimum absolute atomic E-state index is 0.0102. The first-order valence-electron chi connectivity index (χ1n) is 6.06. The van der Waals surface area contributed by atoms with Gasteiger partial charge in [-0.05, 0) is 24.6 Å². The second-order valence-electron chi connectivity index (χ2n) is 4.58. The second kappa shape index (κ2) is 6.17. The Morgan fingerprint density at radius 3 is 2.75 bits per heavy atom. The minimum Gasteiger partial charge on any atom is -0.392 e. The van der Waals surface area contributed by atoms with Crippen LogP contribution in [0.3, 0.4) is 0 Å². The Morgan fingerprint density at radius 1 is 1.45 bits per heavy atom. The molecule has 0 amide bonds. The molecule has 0 spiro atoms. The first-order valence-corrected chi connectivity index (χ1v) is 8.26. The number of rotatable bonds is 3. The predicted molar refractivity (Wildman–Crippen MR) is 76.6 cm³/mol. The summed E-state index contributed by atoms with van der Waals surface area (Å²) in [5, 5.41) is 9.44. The maximum Gasteiger partial charge on any atom is 0.244 e. The molecule has 0 aliphatic carbocycles. The van der Waals surface area contributed by atoms with E-state index in [9.17, 15) is 13.5 Å². The molecule has 1 aromatic carbocycles. The van der Waals surface area contributed by atoms with Crippen LogP contribution in [0.15, 0.2) is 17.0 Å². The monoisotopic (exact) mass is 339 g/mol. The van der Waals surface area contributed by atoms with Gasteiger partial charge in [0.25, 0.3) is 0 Å². The van der Waals surface area contributed by atoms with Crippen molar-refractivity contribution in [1.29, 1.82) is 0 Å². The summed E-state index contributed by atoms with van der Waals surface area (Å²) in [4.78, 5) is -0.0789. The third kappa shape index (κ3) is 3.10. The quantitative estimate of drug-likeness (QED) is 0.913. The normalized spacial score (nSPS) is 21.1. The van der Waals surface area contributed by atoms with Crippen molar-refractivity contribution in [2.24, 2.45) is 0 Å². The molecule has 1 aliphatic rings. The van der Waals surface area contributed by atoms with Gasteiger partial charge >= 0.3 is 0 Å². The van der Waals surface area contributed by atoms with Crippen molar-refractivity contribution in [3.05, 3.63) is 27.7 Å². The fraction of sp³-hybridized carbons (Fsp3) is 0.500. The van der Waals surface area contributed by atoms with E-state index in [0.29, 0.717) is 12.2 Å². The molecule has 0 aromatic heterocycles. The lowest BCUT2D eigenvalue weighted by atomic mass is 10.2. The summed E-state index contributed by atoms with van der Waals surface area (Å²) < 4.78 is 31.9. The molecule has 1 N–H and O–H groups in total. The molecule has 112 valence electrons. The topological polar surface area (TPSA) is 66.8 Å². The molecular formula is C12H15Cl2NO4S. The predicted octanol–water partition coefficient (Wildman–Crippen LogP) is 1.90. The van der Waals surface area contributed by atoms with Crippen molar-refractivity contribution in [1.82, 2.24) is 4.31 Å². The van der Waals surface area contributed by atoms with Crippen molar-refractivity contribution < 1.29 is 18.3 Å². The third-order valence-corrected chi connectivity index (χ3v) is 5.74. The third-order valence-electron chi connectivity index (χ3n) is 3.07. The SMILES string of the molecule is CC1CN(S(=O)(=O)c2cc(Cl)cc(CO)c2Cl)CCO1. The first kappa shape index (κ1) is 16.0. The van der Waals surface area contributed by atoms with Gasteiger partial charge in [-0.25, -0.2) is 8.42 Å². The van der Waals surface area contributed by atoms with Gasteiger partial charge in [0.15, 0.2) is 0 Å². The molecule has 1 unspecified atom stereocenters. The summed E-state index contributed by atoms with van der Waals surface area (Å²) in [6.07, 6.45) is -0.172. The Kier molecular flexibility index (Phi) is 4.94. The second-order valence-corrected chi connectivity index (χ2v) is 7.30. The van der Waals surface area contributed by atoms with Gasteiger partial charge in [0.1, 0.15) is 4.90 Å². The maximum atomic E-state index is 12.6. The van der Waals surface area contributed by atoms with Crippen LogP contribution in [0.1, 0.15) is 12.5 Å². The van der Waals surface area contributed by atoms with Crippen LogP contribution in [0.5, 0.6) is 0 Å². The van der Waals surface area contributed by atoms with E-state index in [1.165, 1.54) is 16.4 Å². The number of aliphatic hydroxyl groups is 1. The standard InChI is InChI=1S/C12H15Cl2NO4S/c1-8-6-15(2-3-19-8)20(17,18)11-5-10(13)4-9(7-16)12(11)14/h4-5,8,16H,2-3,6-7H2,1H3. The van der Waals surface area contributed by atoms with Gasteiger partial charge in [-0.2, -0.15) is 4.31 Å². The van der Waals surface area contributed by atoms with Gasteiger partial charge in [-0.1, -0.05) is 23.2 Å². The largest absolute Gasteiger partial charge is 0.392 e. The van der Waals surface area contributed by atoms with Gasteiger partial charge in [0.05, 0.1) is 24.3 Å². The average molecular weight is 340 g/mol. The Hall–Kier alpha value is -0.370. The highest BCUT2D eigenvalue weighted by Gasteiger charge is 2.31. The van der Waals surface area contributed by atoms with E-state index >= 15 is 0 Å². The summed E-state index contributed by atoms with van der Waals surface area (Å²) in [6, 6.07) is 2.75. The van der Waals surface area contributed by atoms with Crippen LogP contribution in [-0.2, 0) is 21.4 Å².